The van der Waals surface area contributed by atoms with Crippen molar-refractivity contribution in [2.24, 2.45) is 0 Å². The lowest BCUT2D eigenvalue weighted by Crippen LogP contribution is -2.31. The second-order valence-corrected chi connectivity index (χ2v) is 5.95. The first-order chi connectivity index (χ1) is 10.3. The van der Waals surface area contributed by atoms with E-state index in [-0.39, 0.29) is 5.78 Å². The first kappa shape index (κ1) is 14.0. The number of nitriles is 1. The summed E-state index contributed by atoms with van der Waals surface area (Å²) in [6.45, 7) is 3.16. The summed E-state index contributed by atoms with van der Waals surface area (Å²) >= 11 is 0. The SMILES string of the molecule is N#Cc1ccc2c(c1)C=C(C(=O)CCN1CCCCC1)C2. The highest BCUT2D eigenvalue weighted by Gasteiger charge is 2.19. The number of hydrogen-bond acceptors (Lipinski definition) is 3. The van der Waals surface area contributed by atoms with E-state index in [1.807, 2.05) is 24.3 Å². The van der Waals surface area contributed by atoms with E-state index in [2.05, 4.69) is 11.0 Å². The maximum Gasteiger partial charge on any atom is 0.160 e. The van der Waals surface area contributed by atoms with Gasteiger partial charge in [0, 0.05) is 25.0 Å². The third kappa shape index (κ3) is 3.22. The van der Waals surface area contributed by atoms with E-state index >= 15 is 0 Å². The zero-order valence-corrected chi connectivity index (χ0v) is 12.3. The number of rotatable bonds is 4. The zero-order chi connectivity index (χ0) is 14.7. The van der Waals surface area contributed by atoms with Crippen molar-refractivity contribution >= 4 is 11.9 Å². The van der Waals surface area contributed by atoms with Gasteiger partial charge in [-0.15, -0.1) is 0 Å². The fourth-order valence-corrected chi connectivity index (χ4v) is 3.19. The first-order valence-corrected chi connectivity index (χ1v) is 7.75. The third-order valence-electron chi connectivity index (χ3n) is 4.45. The van der Waals surface area contributed by atoms with E-state index in [4.69, 9.17) is 5.26 Å². The van der Waals surface area contributed by atoms with Crippen molar-refractivity contribution in [1.29, 1.82) is 5.26 Å². The number of likely N-dealkylation sites (tertiary alicyclic amines) is 1. The average Bonchev–Trinajstić information content (AvgIpc) is 2.96. The fourth-order valence-electron chi connectivity index (χ4n) is 3.19. The summed E-state index contributed by atoms with van der Waals surface area (Å²) in [5, 5.41) is 8.93. The van der Waals surface area contributed by atoms with Crippen LogP contribution in [0.2, 0.25) is 0 Å². The molecule has 0 amide bonds. The van der Waals surface area contributed by atoms with Crippen molar-refractivity contribution in [3.05, 3.63) is 40.5 Å². The molecule has 1 aliphatic carbocycles. The molecule has 0 spiro atoms. The van der Waals surface area contributed by atoms with Crippen LogP contribution in [0.1, 0.15) is 42.4 Å². The number of nitrogens with zero attached hydrogens (tertiary/aromatic N) is 2. The van der Waals surface area contributed by atoms with Crippen LogP contribution in [-0.4, -0.2) is 30.3 Å². The lowest BCUT2D eigenvalue weighted by atomic mass is 10.0. The van der Waals surface area contributed by atoms with Gasteiger partial charge in [0.25, 0.3) is 0 Å². The lowest BCUT2D eigenvalue weighted by Gasteiger charge is -2.25. The Kier molecular flexibility index (Phi) is 4.17. The van der Waals surface area contributed by atoms with Gasteiger partial charge in [-0.2, -0.15) is 5.26 Å². The summed E-state index contributed by atoms with van der Waals surface area (Å²) in [6, 6.07) is 7.82. The number of fused-ring (bicyclic) bond motifs is 1. The summed E-state index contributed by atoms with van der Waals surface area (Å²) in [5.41, 5.74) is 3.76. The van der Waals surface area contributed by atoms with Crippen molar-refractivity contribution in [3.63, 3.8) is 0 Å². The highest BCUT2D eigenvalue weighted by atomic mass is 16.1. The summed E-state index contributed by atoms with van der Waals surface area (Å²) in [7, 11) is 0. The van der Waals surface area contributed by atoms with E-state index in [1.54, 1.807) is 0 Å². The van der Waals surface area contributed by atoms with Gasteiger partial charge in [0.05, 0.1) is 11.6 Å². The molecule has 21 heavy (non-hydrogen) atoms. The van der Waals surface area contributed by atoms with E-state index in [1.165, 1.54) is 19.3 Å². The molecule has 1 fully saturated rings. The van der Waals surface area contributed by atoms with E-state index in [0.29, 0.717) is 12.0 Å². The molecule has 0 saturated carbocycles. The first-order valence-electron chi connectivity index (χ1n) is 7.75. The third-order valence-corrected chi connectivity index (χ3v) is 4.45. The Bertz CT molecular complexity index is 619. The number of carbonyl (C=O) groups excluding carboxylic acids is 1. The minimum Gasteiger partial charge on any atom is -0.303 e. The zero-order valence-electron chi connectivity index (χ0n) is 12.3. The van der Waals surface area contributed by atoms with Crippen LogP contribution < -0.4 is 0 Å². The van der Waals surface area contributed by atoms with Gasteiger partial charge in [-0.25, -0.2) is 0 Å². The van der Waals surface area contributed by atoms with E-state index in [9.17, 15) is 4.79 Å². The Morgan fingerprint density at radius 1 is 1.24 bits per heavy atom. The van der Waals surface area contributed by atoms with E-state index < -0.39 is 0 Å². The molecule has 3 heteroatoms. The smallest absolute Gasteiger partial charge is 0.160 e. The van der Waals surface area contributed by atoms with Crippen LogP contribution >= 0.6 is 0 Å². The van der Waals surface area contributed by atoms with Crippen LogP contribution in [0.25, 0.3) is 6.08 Å². The number of ketones is 1. The molecular formula is C18H20N2O. The van der Waals surface area contributed by atoms with Gasteiger partial charge in [0.15, 0.2) is 5.78 Å². The number of carbonyl (C=O) groups is 1. The average molecular weight is 280 g/mol. The largest absolute Gasteiger partial charge is 0.303 e. The number of benzene rings is 1. The Labute approximate surface area is 125 Å². The maximum absolute atomic E-state index is 12.4. The van der Waals surface area contributed by atoms with Crippen molar-refractivity contribution in [2.75, 3.05) is 19.6 Å². The number of piperidine rings is 1. The Morgan fingerprint density at radius 2 is 2.05 bits per heavy atom. The van der Waals surface area contributed by atoms with Gasteiger partial charge in [-0.05, 0) is 55.3 Å². The van der Waals surface area contributed by atoms with Crippen LogP contribution in [0.4, 0.5) is 0 Å². The standard InChI is InChI=1S/C18H20N2O/c19-13-14-4-5-15-11-17(12-16(15)10-14)18(21)6-9-20-7-2-1-3-8-20/h4-5,10,12H,1-3,6-9,11H2. The summed E-state index contributed by atoms with van der Waals surface area (Å²) in [6.07, 6.45) is 7.16. The minimum atomic E-state index is 0.260. The summed E-state index contributed by atoms with van der Waals surface area (Å²) in [4.78, 5) is 14.8. The van der Waals surface area contributed by atoms with Crippen molar-refractivity contribution in [2.45, 2.75) is 32.1 Å². The van der Waals surface area contributed by atoms with Crippen molar-refractivity contribution < 1.29 is 4.79 Å². The maximum atomic E-state index is 12.4. The fraction of sp³-hybridized carbons (Fsp3) is 0.444. The number of hydrogen-bond donors (Lipinski definition) is 0. The minimum absolute atomic E-state index is 0.260. The van der Waals surface area contributed by atoms with Gasteiger partial charge in [0.1, 0.15) is 0 Å². The van der Waals surface area contributed by atoms with Gasteiger partial charge in [0.2, 0.25) is 0 Å². The van der Waals surface area contributed by atoms with Gasteiger partial charge in [-0.1, -0.05) is 12.5 Å². The molecular weight excluding hydrogens is 260 g/mol. The molecule has 0 N–H and O–H groups in total. The monoisotopic (exact) mass is 280 g/mol. The Balaban J connectivity index is 1.60. The molecule has 0 atom stereocenters. The van der Waals surface area contributed by atoms with Crippen molar-refractivity contribution in [3.8, 4) is 6.07 Å². The van der Waals surface area contributed by atoms with Gasteiger partial charge in [-0.3, -0.25) is 4.79 Å². The molecule has 0 radical (unpaired) electrons. The quantitative estimate of drug-likeness (QED) is 0.851. The molecule has 0 bridgehead atoms. The Morgan fingerprint density at radius 3 is 2.81 bits per heavy atom. The highest BCUT2D eigenvalue weighted by Crippen LogP contribution is 2.27. The van der Waals surface area contributed by atoms with Crippen molar-refractivity contribution in [1.82, 2.24) is 4.90 Å². The van der Waals surface area contributed by atoms with Crippen LogP contribution in [0.15, 0.2) is 23.8 Å². The Hall–Kier alpha value is -1.92. The molecule has 1 heterocycles. The molecule has 0 aromatic heterocycles. The number of allylic oxidation sites excluding steroid dienone is 1. The highest BCUT2D eigenvalue weighted by molar-refractivity contribution is 6.02. The lowest BCUT2D eigenvalue weighted by molar-refractivity contribution is -0.115. The summed E-state index contributed by atoms with van der Waals surface area (Å²) < 4.78 is 0. The molecule has 1 aliphatic heterocycles. The molecule has 1 saturated heterocycles. The molecule has 1 aromatic carbocycles. The van der Waals surface area contributed by atoms with Gasteiger partial charge >= 0.3 is 0 Å². The summed E-state index contributed by atoms with van der Waals surface area (Å²) in [5.74, 6) is 0.260. The predicted molar refractivity (Wildman–Crippen MR) is 82.8 cm³/mol. The molecule has 2 aliphatic rings. The van der Waals surface area contributed by atoms with Crippen LogP contribution in [0.3, 0.4) is 0 Å². The molecule has 1 aromatic rings. The normalized spacial score (nSPS) is 18.0. The van der Waals surface area contributed by atoms with Crippen LogP contribution in [0.5, 0.6) is 0 Å². The molecule has 3 rings (SSSR count). The second-order valence-electron chi connectivity index (χ2n) is 5.95. The van der Waals surface area contributed by atoms with E-state index in [0.717, 1.165) is 42.8 Å². The molecule has 108 valence electrons. The van der Waals surface area contributed by atoms with Gasteiger partial charge < -0.3 is 4.90 Å². The molecule has 3 nitrogen and oxygen atoms in total. The number of Topliss-reactive ketones (excluding diaryl/α,β-unsaturated/α-hetero) is 1. The second kappa shape index (κ2) is 6.24. The predicted octanol–water partition coefficient (Wildman–Crippen LogP) is 2.94. The topological polar surface area (TPSA) is 44.1 Å². The van der Waals surface area contributed by atoms with Crippen LogP contribution in [-0.2, 0) is 11.2 Å². The van der Waals surface area contributed by atoms with Crippen LogP contribution in [0, 0.1) is 11.3 Å². The molecule has 0 unspecified atom stereocenters.